The van der Waals surface area contributed by atoms with Gasteiger partial charge in [0.15, 0.2) is 0 Å². The van der Waals surface area contributed by atoms with Gasteiger partial charge in [-0.1, -0.05) is 18.2 Å². The molecule has 82 valence electrons. The fourth-order valence-electron chi connectivity index (χ4n) is 1.84. The fourth-order valence-corrected chi connectivity index (χ4v) is 1.84. The van der Waals surface area contributed by atoms with E-state index in [1.54, 1.807) is 6.20 Å². The van der Waals surface area contributed by atoms with Crippen molar-refractivity contribution in [2.45, 2.75) is 0 Å². The van der Waals surface area contributed by atoms with Gasteiger partial charge in [-0.05, 0) is 12.1 Å². The Balaban J connectivity index is 2.34. The number of aromatic nitrogens is 3. The molecule has 2 aromatic heterocycles. The van der Waals surface area contributed by atoms with Gasteiger partial charge in [0.25, 0.3) is 5.56 Å². The van der Waals surface area contributed by atoms with E-state index in [9.17, 15) is 4.79 Å². The summed E-state index contributed by atoms with van der Waals surface area (Å²) < 4.78 is 0. The molecule has 0 fully saturated rings. The van der Waals surface area contributed by atoms with Crippen molar-refractivity contribution < 1.29 is 0 Å². The first kappa shape index (κ1) is 9.72. The molecule has 1 N–H and O–H groups in total. The molecule has 0 aliphatic heterocycles. The summed E-state index contributed by atoms with van der Waals surface area (Å²) in [6, 6.07) is 11.1. The molecular weight excluding hydrogens is 214 g/mol. The average molecular weight is 223 g/mol. The molecule has 0 amide bonds. The zero-order valence-electron chi connectivity index (χ0n) is 8.92. The highest BCUT2D eigenvalue weighted by Gasteiger charge is 2.05. The fraction of sp³-hybridized carbons (Fsp3) is 0. The minimum Gasteiger partial charge on any atom is -0.313 e. The van der Waals surface area contributed by atoms with E-state index in [1.807, 2.05) is 30.3 Å². The van der Waals surface area contributed by atoms with Crippen LogP contribution in [0.5, 0.6) is 0 Å². The van der Waals surface area contributed by atoms with Crippen molar-refractivity contribution in [1.82, 2.24) is 15.0 Å². The number of nitrogens with zero attached hydrogens (tertiary/aromatic N) is 2. The van der Waals surface area contributed by atoms with Crippen molar-refractivity contribution in [2.75, 3.05) is 0 Å². The van der Waals surface area contributed by atoms with E-state index < -0.39 is 0 Å². The maximum atomic E-state index is 11.3. The molecule has 4 heteroatoms. The van der Waals surface area contributed by atoms with Crippen molar-refractivity contribution in [1.29, 1.82) is 0 Å². The quantitative estimate of drug-likeness (QED) is 0.686. The number of nitrogens with one attached hydrogen (secondary N) is 1. The van der Waals surface area contributed by atoms with Gasteiger partial charge in [-0.2, -0.15) is 0 Å². The second kappa shape index (κ2) is 3.83. The number of pyridine rings is 1. The summed E-state index contributed by atoms with van der Waals surface area (Å²) in [6.45, 7) is 0. The van der Waals surface area contributed by atoms with Crippen LogP contribution in [0.4, 0.5) is 0 Å². The van der Waals surface area contributed by atoms with Gasteiger partial charge in [0, 0.05) is 23.2 Å². The number of hydrogen-bond acceptors (Lipinski definition) is 3. The number of fused-ring (bicyclic) bond motifs is 1. The van der Waals surface area contributed by atoms with Gasteiger partial charge < -0.3 is 4.98 Å². The number of H-pyrrole nitrogens is 1. The summed E-state index contributed by atoms with van der Waals surface area (Å²) in [5, 5.41) is 0.994. The molecule has 2 heterocycles. The number of hydrogen-bond donors (Lipinski definition) is 1. The lowest BCUT2D eigenvalue weighted by atomic mass is 10.1. The highest BCUT2D eigenvalue weighted by Crippen LogP contribution is 2.24. The highest BCUT2D eigenvalue weighted by molar-refractivity contribution is 5.93. The summed E-state index contributed by atoms with van der Waals surface area (Å²) in [6.07, 6.45) is 3.16. The largest absolute Gasteiger partial charge is 0.313 e. The Kier molecular flexibility index (Phi) is 2.19. The third-order valence-electron chi connectivity index (χ3n) is 2.60. The van der Waals surface area contributed by atoms with Gasteiger partial charge in [0.1, 0.15) is 0 Å². The topological polar surface area (TPSA) is 58.6 Å². The molecule has 0 bridgehead atoms. The predicted molar refractivity (Wildman–Crippen MR) is 65.6 cm³/mol. The maximum Gasteiger partial charge on any atom is 0.251 e. The summed E-state index contributed by atoms with van der Waals surface area (Å²) in [5.41, 5.74) is 2.32. The van der Waals surface area contributed by atoms with Crippen molar-refractivity contribution >= 4 is 10.9 Å². The normalized spacial score (nSPS) is 10.6. The maximum absolute atomic E-state index is 11.3. The number of rotatable bonds is 1. The van der Waals surface area contributed by atoms with Crippen LogP contribution in [-0.2, 0) is 0 Å². The molecule has 0 saturated heterocycles. The van der Waals surface area contributed by atoms with E-state index in [4.69, 9.17) is 0 Å². The monoisotopic (exact) mass is 223 g/mol. The van der Waals surface area contributed by atoms with Crippen molar-refractivity contribution in [2.24, 2.45) is 0 Å². The van der Waals surface area contributed by atoms with Crippen LogP contribution in [0.1, 0.15) is 0 Å². The van der Waals surface area contributed by atoms with Crippen LogP contribution in [0.25, 0.3) is 22.2 Å². The van der Waals surface area contributed by atoms with Crippen LogP contribution in [0.3, 0.4) is 0 Å². The first-order valence-electron chi connectivity index (χ1n) is 5.23. The van der Waals surface area contributed by atoms with E-state index in [-0.39, 0.29) is 5.56 Å². The third kappa shape index (κ3) is 1.69. The molecule has 0 aliphatic carbocycles. The van der Waals surface area contributed by atoms with Gasteiger partial charge in [0.05, 0.1) is 17.5 Å². The smallest absolute Gasteiger partial charge is 0.251 e. The standard InChI is InChI=1S/C13H9N3O/c17-13-7-12(15-8-16-13)10-3-1-5-11-9(10)4-2-6-14-11/h1-8H,(H,15,16,17). The van der Waals surface area contributed by atoms with Gasteiger partial charge in [-0.15, -0.1) is 0 Å². The molecule has 0 atom stereocenters. The van der Waals surface area contributed by atoms with E-state index in [2.05, 4.69) is 15.0 Å². The molecule has 0 spiro atoms. The van der Waals surface area contributed by atoms with Crippen LogP contribution < -0.4 is 5.56 Å². The van der Waals surface area contributed by atoms with Gasteiger partial charge in [0.2, 0.25) is 0 Å². The molecule has 1 aromatic carbocycles. The van der Waals surface area contributed by atoms with E-state index >= 15 is 0 Å². The van der Waals surface area contributed by atoms with Crippen LogP contribution in [0.2, 0.25) is 0 Å². The Morgan fingerprint density at radius 1 is 1.06 bits per heavy atom. The summed E-state index contributed by atoms with van der Waals surface area (Å²) in [4.78, 5) is 22.2. The van der Waals surface area contributed by atoms with E-state index in [0.717, 1.165) is 16.5 Å². The number of benzene rings is 1. The first-order chi connectivity index (χ1) is 8.34. The zero-order valence-corrected chi connectivity index (χ0v) is 8.92. The Labute approximate surface area is 97.0 Å². The third-order valence-corrected chi connectivity index (χ3v) is 2.60. The Bertz CT molecular complexity index is 728. The molecule has 0 radical (unpaired) electrons. The lowest BCUT2D eigenvalue weighted by Gasteiger charge is -2.04. The van der Waals surface area contributed by atoms with Crippen LogP contribution in [-0.4, -0.2) is 15.0 Å². The van der Waals surface area contributed by atoms with Crippen molar-refractivity contribution in [3.05, 3.63) is 59.3 Å². The van der Waals surface area contributed by atoms with Crippen molar-refractivity contribution in [3.8, 4) is 11.3 Å². The molecule has 0 saturated carbocycles. The average Bonchev–Trinajstić information content (AvgIpc) is 2.38. The minimum atomic E-state index is -0.157. The zero-order chi connectivity index (χ0) is 11.7. The van der Waals surface area contributed by atoms with E-state index in [1.165, 1.54) is 12.4 Å². The van der Waals surface area contributed by atoms with Gasteiger partial charge in [-0.3, -0.25) is 9.78 Å². The molecule has 3 rings (SSSR count). The van der Waals surface area contributed by atoms with Gasteiger partial charge in [-0.25, -0.2) is 4.98 Å². The predicted octanol–water partition coefficient (Wildman–Crippen LogP) is 1.99. The second-order valence-electron chi connectivity index (χ2n) is 3.67. The molecule has 0 unspecified atom stereocenters. The summed E-state index contributed by atoms with van der Waals surface area (Å²) >= 11 is 0. The molecule has 17 heavy (non-hydrogen) atoms. The molecular formula is C13H9N3O. The van der Waals surface area contributed by atoms with Gasteiger partial charge >= 0.3 is 0 Å². The van der Waals surface area contributed by atoms with Crippen LogP contribution in [0, 0.1) is 0 Å². The lowest BCUT2D eigenvalue weighted by molar-refractivity contribution is 1.12. The summed E-state index contributed by atoms with van der Waals surface area (Å²) in [5.74, 6) is 0. The Hall–Kier alpha value is -2.49. The van der Waals surface area contributed by atoms with Crippen LogP contribution in [0.15, 0.2) is 53.7 Å². The molecule has 0 aliphatic rings. The molecule has 4 nitrogen and oxygen atoms in total. The summed E-state index contributed by atoms with van der Waals surface area (Å²) in [7, 11) is 0. The Morgan fingerprint density at radius 2 is 2.00 bits per heavy atom. The number of aromatic amines is 1. The van der Waals surface area contributed by atoms with Crippen molar-refractivity contribution in [3.63, 3.8) is 0 Å². The SMILES string of the molecule is O=c1cc(-c2cccc3ncccc23)nc[nH]1. The first-order valence-corrected chi connectivity index (χ1v) is 5.23. The molecule has 3 aromatic rings. The lowest BCUT2D eigenvalue weighted by Crippen LogP contribution is -2.04. The second-order valence-corrected chi connectivity index (χ2v) is 3.67. The Morgan fingerprint density at radius 3 is 2.88 bits per heavy atom. The highest BCUT2D eigenvalue weighted by atomic mass is 16.1. The van der Waals surface area contributed by atoms with E-state index in [0.29, 0.717) is 5.69 Å². The van der Waals surface area contributed by atoms with Crippen LogP contribution >= 0.6 is 0 Å². The minimum absolute atomic E-state index is 0.157.